The predicted molar refractivity (Wildman–Crippen MR) is 79.9 cm³/mol. The first-order valence-corrected chi connectivity index (χ1v) is 6.71. The van der Waals surface area contributed by atoms with Crippen LogP contribution in [0.25, 0.3) is 10.9 Å². The van der Waals surface area contributed by atoms with Crippen molar-refractivity contribution in [2.45, 2.75) is 6.42 Å². The summed E-state index contributed by atoms with van der Waals surface area (Å²) in [5.74, 6) is 0.641. The van der Waals surface area contributed by atoms with Crippen molar-refractivity contribution < 1.29 is 9.53 Å². The Morgan fingerprint density at radius 1 is 1.33 bits per heavy atom. The number of pyridine rings is 1. The van der Waals surface area contributed by atoms with Gasteiger partial charge in [0.1, 0.15) is 16.6 Å². The van der Waals surface area contributed by atoms with Gasteiger partial charge in [0, 0.05) is 24.1 Å². The van der Waals surface area contributed by atoms with Crippen LogP contribution in [0.2, 0.25) is 5.15 Å². The lowest BCUT2D eigenvalue weighted by Crippen LogP contribution is -2.05. The molecule has 5 nitrogen and oxygen atoms in total. The highest BCUT2D eigenvalue weighted by Gasteiger charge is 2.15. The second kappa shape index (κ2) is 5.54. The Bertz CT molecular complexity index is 796. The summed E-state index contributed by atoms with van der Waals surface area (Å²) in [6, 6.07) is 8.88. The van der Waals surface area contributed by atoms with E-state index >= 15 is 0 Å². The number of carbonyl (C=O) groups excluding carboxylic acids is 1. The Hall–Kier alpha value is -2.40. The van der Waals surface area contributed by atoms with Gasteiger partial charge in [0.2, 0.25) is 0 Å². The molecule has 0 saturated carbocycles. The van der Waals surface area contributed by atoms with Gasteiger partial charge in [-0.05, 0) is 23.8 Å². The van der Waals surface area contributed by atoms with Gasteiger partial charge in [-0.2, -0.15) is 5.10 Å². The molecule has 3 aromatic rings. The van der Waals surface area contributed by atoms with Gasteiger partial charge in [0.25, 0.3) is 0 Å². The van der Waals surface area contributed by atoms with Crippen molar-refractivity contribution in [2.24, 2.45) is 0 Å². The maximum absolute atomic E-state index is 12.4. The van der Waals surface area contributed by atoms with Crippen LogP contribution in [0.5, 0.6) is 5.75 Å². The molecular formula is C15H12ClN3O2. The van der Waals surface area contributed by atoms with Crippen LogP contribution < -0.4 is 4.74 Å². The molecule has 0 aliphatic heterocycles. The fourth-order valence-corrected chi connectivity index (χ4v) is 2.23. The summed E-state index contributed by atoms with van der Waals surface area (Å²) in [5, 5.41) is 8.15. The number of fused-ring (bicyclic) bond motifs is 1. The molecule has 1 N–H and O–H groups in total. The number of Topliss-reactive ketones (excluding diaryl/α,β-unsaturated/α-hetero) is 1. The number of aromatic amines is 1. The van der Waals surface area contributed by atoms with Crippen LogP contribution in [0.3, 0.4) is 0 Å². The first-order chi connectivity index (χ1) is 10.2. The van der Waals surface area contributed by atoms with E-state index in [1.165, 1.54) is 0 Å². The summed E-state index contributed by atoms with van der Waals surface area (Å²) in [6.07, 6.45) is 1.83. The van der Waals surface area contributed by atoms with Gasteiger partial charge in [-0.3, -0.25) is 9.89 Å². The number of ether oxygens (including phenoxy) is 1. The minimum Gasteiger partial charge on any atom is -0.497 e. The minimum atomic E-state index is -0.0736. The zero-order valence-corrected chi connectivity index (χ0v) is 12.0. The van der Waals surface area contributed by atoms with Crippen molar-refractivity contribution in [2.75, 3.05) is 7.11 Å². The molecule has 0 aliphatic rings. The SMILES string of the molecule is COc1ccc2c(C(=O)Cc3ccc(Cl)nc3)n[nH]c2c1. The average Bonchev–Trinajstić information content (AvgIpc) is 2.92. The van der Waals surface area contributed by atoms with Crippen LogP contribution in [0.1, 0.15) is 16.1 Å². The Balaban J connectivity index is 1.89. The number of carbonyl (C=O) groups is 1. The molecule has 6 heteroatoms. The van der Waals surface area contributed by atoms with Gasteiger partial charge < -0.3 is 4.74 Å². The number of methoxy groups -OCH3 is 1. The van der Waals surface area contributed by atoms with Gasteiger partial charge >= 0.3 is 0 Å². The summed E-state index contributed by atoms with van der Waals surface area (Å²) in [7, 11) is 1.59. The van der Waals surface area contributed by atoms with Crippen molar-refractivity contribution >= 4 is 28.3 Å². The van der Waals surface area contributed by atoms with Crippen molar-refractivity contribution in [3.05, 3.63) is 52.9 Å². The maximum atomic E-state index is 12.4. The van der Waals surface area contributed by atoms with E-state index in [1.54, 1.807) is 31.5 Å². The van der Waals surface area contributed by atoms with E-state index in [4.69, 9.17) is 16.3 Å². The Labute approximate surface area is 125 Å². The van der Waals surface area contributed by atoms with E-state index in [2.05, 4.69) is 15.2 Å². The van der Waals surface area contributed by atoms with Crippen LogP contribution in [0.15, 0.2) is 36.5 Å². The fraction of sp³-hybridized carbons (Fsp3) is 0.133. The van der Waals surface area contributed by atoms with E-state index < -0.39 is 0 Å². The van der Waals surface area contributed by atoms with Gasteiger partial charge in [-0.1, -0.05) is 17.7 Å². The van der Waals surface area contributed by atoms with E-state index in [0.29, 0.717) is 16.6 Å². The fourth-order valence-electron chi connectivity index (χ4n) is 2.12. The number of H-pyrrole nitrogens is 1. The molecule has 0 radical (unpaired) electrons. The van der Waals surface area contributed by atoms with Crippen LogP contribution in [-0.4, -0.2) is 28.1 Å². The molecule has 3 rings (SSSR count). The number of hydrogen-bond acceptors (Lipinski definition) is 4. The van der Waals surface area contributed by atoms with Gasteiger partial charge in [0.05, 0.1) is 12.6 Å². The van der Waals surface area contributed by atoms with E-state index in [1.807, 2.05) is 12.1 Å². The zero-order chi connectivity index (χ0) is 14.8. The topological polar surface area (TPSA) is 67.9 Å². The molecule has 0 unspecified atom stereocenters. The molecule has 2 aromatic heterocycles. The highest BCUT2D eigenvalue weighted by Crippen LogP contribution is 2.22. The molecule has 0 aliphatic carbocycles. The Morgan fingerprint density at radius 3 is 2.90 bits per heavy atom. The maximum Gasteiger partial charge on any atom is 0.188 e. The third-order valence-corrected chi connectivity index (χ3v) is 3.41. The van der Waals surface area contributed by atoms with Crippen molar-refractivity contribution in [3.8, 4) is 5.75 Å². The second-order valence-electron chi connectivity index (χ2n) is 4.57. The lowest BCUT2D eigenvalue weighted by Gasteiger charge is -2.00. The molecule has 2 heterocycles. The third-order valence-electron chi connectivity index (χ3n) is 3.19. The smallest absolute Gasteiger partial charge is 0.188 e. The lowest BCUT2D eigenvalue weighted by atomic mass is 10.1. The van der Waals surface area contributed by atoms with Crippen molar-refractivity contribution in [3.63, 3.8) is 0 Å². The molecule has 21 heavy (non-hydrogen) atoms. The largest absolute Gasteiger partial charge is 0.497 e. The summed E-state index contributed by atoms with van der Waals surface area (Å²) < 4.78 is 5.15. The minimum absolute atomic E-state index is 0.0736. The highest BCUT2D eigenvalue weighted by atomic mass is 35.5. The lowest BCUT2D eigenvalue weighted by molar-refractivity contribution is 0.0989. The molecule has 0 amide bonds. The third kappa shape index (κ3) is 2.73. The van der Waals surface area contributed by atoms with E-state index in [9.17, 15) is 4.79 Å². The summed E-state index contributed by atoms with van der Waals surface area (Å²) in [5.41, 5.74) is 1.99. The Kier molecular flexibility index (Phi) is 3.58. The number of benzene rings is 1. The monoisotopic (exact) mass is 301 g/mol. The summed E-state index contributed by atoms with van der Waals surface area (Å²) in [4.78, 5) is 16.3. The molecule has 0 fully saturated rings. The van der Waals surface area contributed by atoms with Crippen molar-refractivity contribution in [1.82, 2.24) is 15.2 Å². The Morgan fingerprint density at radius 2 is 2.19 bits per heavy atom. The number of aromatic nitrogens is 3. The predicted octanol–water partition coefficient (Wildman–Crippen LogP) is 3.05. The number of nitrogens with one attached hydrogen (secondary N) is 1. The molecule has 0 saturated heterocycles. The first-order valence-electron chi connectivity index (χ1n) is 6.33. The van der Waals surface area contributed by atoms with Gasteiger partial charge in [-0.25, -0.2) is 4.98 Å². The standard InChI is InChI=1S/C15H12ClN3O2/c1-21-10-3-4-11-12(7-10)18-19-15(11)13(20)6-9-2-5-14(16)17-8-9/h2-5,7-8H,6H2,1H3,(H,18,19). The van der Waals surface area contributed by atoms with Crippen molar-refractivity contribution in [1.29, 1.82) is 0 Å². The molecule has 0 atom stereocenters. The number of rotatable bonds is 4. The average molecular weight is 302 g/mol. The highest BCUT2D eigenvalue weighted by molar-refractivity contribution is 6.29. The second-order valence-corrected chi connectivity index (χ2v) is 4.96. The van der Waals surface area contributed by atoms with Crippen LogP contribution in [0.4, 0.5) is 0 Å². The zero-order valence-electron chi connectivity index (χ0n) is 11.3. The van der Waals surface area contributed by atoms with E-state index in [0.717, 1.165) is 16.5 Å². The van der Waals surface area contributed by atoms with Gasteiger partial charge in [0.15, 0.2) is 5.78 Å². The molecule has 106 valence electrons. The van der Waals surface area contributed by atoms with Crippen LogP contribution >= 0.6 is 11.6 Å². The number of hydrogen-bond donors (Lipinski definition) is 1. The van der Waals surface area contributed by atoms with Crippen LogP contribution in [-0.2, 0) is 6.42 Å². The molecular weight excluding hydrogens is 290 g/mol. The quantitative estimate of drug-likeness (QED) is 0.594. The normalized spacial score (nSPS) is 10.8. The molecule has 1 aromatic carbocycles. The number of ketones is 1. The summed E-state index contributed by atoms with van der Waals surface area (Å²) >= 11 is 5.73. The number of nitrogens with zero attached hydrogens (tertiary/aromatic N) is 2. The van der Waals surface area contributed by atoms with Gasteiger partial charge in [-0.15, -0.1) is 0 Å². The summed E-state index contributed by atoms with van der Waals surface area (Å²) in [6.45, 7) is 0. The molecule has 0 bridgehead atoms. The number of halogens is 1. The first kappa shape index (κ1) is 13.6. The molecule has 0 spiro atoms. The van der Waals surface area contributed by atoms with E-state index in [-0.39, 0.29) is 12.2 Å². The van der Waals surface area contributed by atoms with Crippen LogP contribution in [0, 0.1) is 0 Å².